The average molecular weight is 222 g/mol. The molecule has 0 aliphatic rings. The molecule has 0 fully saturated rings. The van der Waals surface area contributed by atoms with Crippen LogP contribution in [0.25, 0.3) is 0 Å². The SMILES string of the molecule is CCC(=CS(=O)c1ccc(C)cc1)CC. The third kappa shape index (κ3) is 3.63. The maximum absolute atomic E-state index is 11.9. The molecule has 1 atom stereocenters. The first-order valence-electron chi connectivity index (χ1n) is 5.34. The van der Waals surface area contributed by atoms with E-state index < -0.39 is 10.8 Å². The van der Waals surface area contributed by atoms with E-state index in [0.29, 0.717) is 0 Å². The Hall–Kier alpha value is -0.890. The van der Waals surface area contributed by atoms with Crippen LogP contribution in [0.1, 0.15) is 32.3 Å². The summed E-state index contributed by atoms with van der Waals surface area (Å²) in [5.41, 5.74) is 2.46. The van der Waals surface area contributed by atoms with Gasteiger partial charge in [0.15, 0.2) is 0 Å². The Bertz CT molecular complexity index is 357. The van der Waals surface area contributed by atoms with Crippen LogP contribution in [0.4, 0.5) is 0 Å². The Kier molecular flexibility index (Phi) is 4.76. The van der Waals surface area contributed by atoms with E-state index in [1.165, 1.54) is 11.1 Å². The van der Waals surface area contributed by atoms with Gasteiger partial charge in [-0.2, -0.15) is 0 Å². The lowest BCUT2D eigenvalue weighted by Gasteiger charge is -2.01. The molecule has 0 saturated carbocycles. The molecule has 0 aromatic heterocycles. The van der Waals surface area contributed by atoms with Crippen molar-refractivity contribution in [3.8, 4) is 0 Å². The zero-order valence-corrected chi connectivity index (χ0v) is 10.4. The fourth-order valence-electron chi connectivity index (χ4n) is 1.31. The molecule has 0 aliphatic carbocycles. The van der Waals surface area contributed by atoms with Crippen molar-refractivity contribution in [3.05, 3.63) is 40.8 Å². The summed E-state index contributed by atoms with van der Waals surface area (Å²) < 4.78 is 11.9. The van der Waals surface area contributed by atoms with E-state index in [9.17, 15) is 4.21 Å². The Labute approximate surface area is 94.7 Å². The second-order valence-electron chi connectivity index (χ2n) is 3.59. The van der Waals surface area contributed by atoms with E-state index >= 15 is 0 Å². The lowest BCUT2D eigenvalue weighted by Crippen LogP contribution is -1.89. The van der Waals surface area contributed by atoms with Gasteiger partial charge < -0.3 is 0 Å². The normalized spacial score (nSPS) is 12.2. The van der Waals surface area contributed by atoms with Gasteiger partial charge in [-0.15, -0.1) is 0 Å². The van der Waals surface area contributed by atoms with Gasteiger partial charge in [-0.05, 0) is 31.9 Å². The summed E-state index contributed by atoms with van der Waals surface area (Å²) in [7, 11) is -0.984. The summed E-state index contributed by atoms with van der Waals surface area (Å²) in [6.45, 7) is 6.23. The summed E-state index contributed by atoms with van der Waals surface area (Å²) in [6.07, 6.45) is 1.96. The molecule has 0 N–H and O–H groups in total. The van der Waals surface area contributed by atoms with Gasteiger partial charge in [0.25, 0.3) is 0 Å². The monoisotopic (exact) mass is 222 g/mol. The van der Waals surface area contributed by atoms with Crippen molar-refractivity contribution in [1.82, 2.24) is 0 Å². The van der Waals surface area contributed by atoms with Gasteiger partial charge in [-0.3, -0.25) is 0 Å². The van der Waals surface area contributed by atoms with Gasteiger partial charge in [0.2, 0.25) is 0 Å². The molecule has 2 heteroatoms. The molecule has 15 heavy (non-hydrogen) atoms. The maximum Gasteiger partial charge on any atom is 0.0775 e. The minimum absolute atomic E-state index is 0.889. The van der Waals surface area contributed by atoms with Crippen molar-refractivity contribution in [2.75, 3.05) is 0 Å². The molecule has 0 heterocycles. The molecule has 1 unspecified atom stereocenters. The van der Waals surface area contributed by atoms with Gasteiger partial charge in [0.05, 0.1) is 10.8 Å². The second-order valence-corrected chi connectivity index (χ2v) is 4.90. The molecule has 0 radical (unpaired) electrons. The highest BCUT2D eigenvalue weighted by molar-refractivity contribution is 7.88. The standard InChI is InChI=1S/C13H18OS/c1-4-12(5-2)10-15(14)13-8-6-11(3)7-9-13/h6-10H,4-5H2,1-3H3. The lowest BCUT2D eigenvalue weighted by atomic mass is 10.2. The molecule has 82 valence electrons. The first-order chi connectivity index (χ1) is 7.17. The first-order valence-corrected chi connectivity index (χ1v) is 6.55. The minimum atomic E-state index is -0.984. The van der Waals surface area contributed by atoms with Crippen molar-refractivity contribution in [2.45, 2.75) is 38.5 Å². The summed E-state index contributed by atoms with van der Waals surface area (Å²) in [6, 6.07) is 7.87. The van der Waals surface area contributed by atoms with Gasteiger partial charge >= 0.3 is 0 Å². The molecular formula is C13H18OS. The lowest BCUT2D eigenvalue weighted by molar-refractivity contribution is 0.688. The quantitative estimate of drug-likeness (QED) is 0.757. The van der Waals surface area contributed by atoms with Crippen molar-refractivity contribution < 1.29 is 4.21 Å². The molecule has 1 aromatic rings. The number of rotatable bonds is 4. The zero-order valence-electron chi connectivity index (χ0n) is 9.62. The van der Waals surface area contributed by atoms with Crippen molar-refractivity contribution >= 4 is 10.8 Å². The fraction of sp³-hybridized carbons (Fsp3) is 0.385. The van der Waals surface area contributed by atoms with E-state index in [2.05, 4.69) is 13.8 Å². The highest BCUT2D eigenvalue weighted by Crippen LogP contribution is 2.13. The third-order valence-corrected chi connectivity index (χ3v) is 3.72. The third-order valence-electron chi connectivity index (χ3n) is 2.44. The van der Waals surface area contributed by atoms with E-state index in [1.54, 1.807) is 0 Å². The summed E-state index contributed by atoms with van der Waals surface area (Å²) >= 11 is 0. The van der Waals surface area contributed by atoms with Crippen LogP contribution in [0.5, 0.6) is 0 Å². The van der Waals surface area contributed by atoms with Crippen LogP contribution >= 0.6 is 0 Å². The molecule has 1 rings (SSSR count). The molecule has 1 aromatic carbocycles. The molecule has 0 bridgehead atoms. The number of hydrogen-bond donors (Lipinski definition) is 0. The summed E-state index contributed by atoms with van der Waals surface area (Å²) in [5, 5.41) is 1.88. The molecule has 0 saturated heterocycles. The van der Waals surface area contributed by atoms with Crippen LogP contribution in [0.15, 0.2) is 40.1 Å². The van der Waals surface area contributed by atoms with Gasteiger partial charge in [-0.1, -0.05) is 37.1 Å². The minimum Gasteiger partial charge on any atom is -0.250 e. The molecular weight excluding hydrogens is 204 g/mol. The summed E-state index contributed by atoms with van der Waals surface area (Å²) in [5.74, 6) is 0. The van der Waals surface area contributed by atoms with Crippen LogP contribution in [-0.2, 0) is 10.8 Å². The van der Waals surface area contributed by atoms with Crippen LogP contribution in [0, 0.1) is 6.92 Å². The van der Waals surface area contributed by atoms with Gasteiger partial charge in [-0.25, -0.2) is 4.21 Å². The van der Waals surface area contributed by atoms with Crippen molar-refractivity contribution in [2.24, 2.45) is 0 Å². The van der Waals surface area contributed by atoms with E-state index in [-0.39, 0.29) is 0 Å². The predicted octanol–water partition coefficient (Wildman–Crippen LogP) is 3.81. The highest BCUT2D eigenvalue weighted by atomic mass is 32.2. The summed E-state index contributed by atoms with van der Waals surface area (Å²) in [4.78, 5) is 0.889. The first kappa shape index (κ1) is 12.2. The number of aryl methyl sites for hydroxylation is 1. The van der Waals surface area contributed by atoms with E-state index in [4.69, 9.17) is 0 Å². The number of hydrogen-bond acceptors (Lipinski definition) is 1. The molecule has 0 amide bonds. The Morgan fingerprint density at radius 2 is 1.73 bits per heavy atom. The van der Waals surface area contributed by atoms with Gasteiger partial charge in [0, 0.05) is 10.3 Å². The Morgan fingerprint density at radius 3 is 2.20 bits per heavy atom. The van der Waals surface area contributed by atoms with E-state index in [0.717, 1.165) is 17.7 Å². The molecule has 1 nitrogen and oxygen atoms in total. The highest BCUT2D eigenvalue weighted by Gasteiger charge is 2.01. The fourth-order valence-corrected chi connectivity index (χ4v) is 2.48. The predicted molar refractivity (Wildman–Crippen MR) is 66.3 cm³/mol. The Morgan fingerprint density at radius 1 is 1.20 bits per heavy atom. The maximum atomic E-state index is 11.9. The molecule has 0 spiro atoms. The smallest absolute Gasteiger partial charge is 0.0775 e. The number of benzene rings is 1. The zero-order chi connectivity index (χ0) is 11.3. The van der Waals surface area contributed by atoms with Crippen LogP contribution < -0.4 is 0 Å². The topological polar surface area (TPSA) is 17.1 Å². The van der Waals surface area contributed by atoms with E-state index in [1.807, 2.05) is 36.6 Å². The largest absolute Gasteiger partial charge is 0.250 e. The second kappa shape index (κ2) is 5.86. The Balaban J connectivity index is 2.85. The van der Waals surface area contributed by atoms with Crippen molar-refractivity contribution in [3.63, 3.8) is 0 Å². The molecule has 0 aliphatic heterocycles. The van der Waals surface area contributed by atoms with Crippen LogP contribution in [-0.4, -0.2) is 4.21 Å². The van der Waals surface area contributed by atoms with Crippen LogP contribution in [0.2, 0.25) is 0 Å². The van der Waals surface area contributed by atoms with Crippen LogP contribution in [0.3, 0.4) is 0 Å². The van der Waals surface area contributed by atoms with Gasteiger partial charge in [0.1, 0.15) is 0 Å². The average Bonchev–Trinajstić information content (AvgIpc) is 2.26. The number of allylic oxidation sites excluding steroid dienone is 1. The van der Waals surface area contributed by atoms with Crippen molar-refractivity contribution in [1.29, 1.82) is 0 Å².